The van der Waals surface area contributed by atoms with Gasteiger partial charge in [0.2, 0.25) is 0 Å². The number of carbonyl (C=O) groups excluding carboxylic acids is 1. The molecule has 0 bridgehead atoms. The summed E-state index contributed by atoms with van der Waals surface area (Å²) >= 11 is 3.34. The van der Waals surface area contributed by atoms with Gasteiger partial charge >= 0.3 is 6.03 Å². The van der Waals surface area contributed by atoms with Gasteiger partial charge in [-0.25, -0.2) is 4.79 Å². The van der Waals surface area contributed by atoms with Crippen molar-refractivity contribution in [2.75, 3.05) is 11.9 Å². The lowest BCUT2D eigenvalue weighted by molar-refractivity contribution is 0.252. The van der Waals surface area contributed by atoms with Crippen LogP contribution in [0.15, 0.2) is 34.6 Å². The van der Waals surface area contributed by atoms with E-state index in [1.54, 1.807) is 18.5 Å². The van der Waals surface area contributed by atoms with Crippen LogP contribution in [-0.4, -0.2) is 17.6 Å². The van der Waals surface area contributed by atoms with E-state index in [0.29, 0.717) is 6.54 Å². The van der Waals surface area contributed by atoms with Gasteiger partial charge in [-0.3, -0.25) is 4.98 Å². The highest BCUT2D eigenvalue weighted by Crippen LogP contribution is 2.20. The Kier molecular flexibility index (Phi) is 5.39. The molecular formula is C14H18BrN3O. The number of anilines is 1. The van der Waals surface area contributed by atoms with Crippen LogP contribution in [0.3, 0.4) is 0 Å². The maximum atomic E-state index is 11.7. The number of allylic oxidation sites excluding steroid dienone is 1. The zero-order valence-electron chi connectivity index (χ0n) is 10.8. The Hall–Kier alpha value is -1.36. The Morgan fingerprint density at radius 3 is 3.05 bits per heavy atom. The molecule has 4 nitrogen and oxygen atoms in total. The molecule has 1 heterocycles. The fourth-order valence-electron chi connectivity index (χ4n) is 2.11. The van der Waals surface area contributed by atoms with Crippen LogP contribution in [-0.2, 0) is 0 Å². The minimum Gasteiger partial charge on any atom is -0.338 e. The first-order valence-electron chi connectivity index (χ1n) is 6.58. The van der Waals surface area contributed by atoms with Crippen LogP contribution in [0, 0.1) is 0 Å². The van der Waals surface area contributed by atoms with E-state index >= 15 is 0 Å². The van der Waals surface area contributed by atoms with Crippen molar-refractivity contribution in [2.24, 2.45) is 0 Å². The Balaban J connectivity index is 1.73. The fourth-order valence-corrected chi connectivity index (χ4v) is 2.46. The number of nitrogens with zero attached hydrogens (tertiary/aromatic N) is 1. The number of urea groups is 1. The van der Waals surface area contributed by atoms with Crippen LogP contribution in [0.2, 0.25) is 0 Å². The normalized spacial score (nSPS) is 14.7. The summed E-state index contributed by atoms with van der Waals surface area (Å²) in [5, 5.41) is 5.67. The van der Waals surface area contributed by atoms with Crippen molar-refractivity contribution in [1.82, 2.24) is 10.3 Å². The molecule has 2 N–H and O–H groups in total. The van der Waals surface area contributed by atoms with Crippen LogP contribution < -0.4 is 10.6 Å². The molecule has 0 aromatic carbocycles. The average Bonchev–Trinajstić information content (AvgIpc) is 2.43. The standard InChI is InChI=1S/C14H18BrN3O/c15-12-10-16-8-7-13(12)18-14(19)17-9-6-11-4-2-1-3-5-11/h4,7-8,10H,1-3,5-6,9H2,(H2,16,17,18,19). The van der Waals surface area contributed by atoms with Gasteiger partial charge in [0.05, 0.1) is 10.2 Å². The van der Waals surface area contributed by atoms with E-state index in [1.165, 1.54) is 31.3 Å². The van der Waals surface area contributed by atoms with Gasteiger partial charge in [-0.2, -0.15) is 0 Å². The molecule has 1 aliphatic rings. The summed E-state index contributed by atoms with van der Waals surface area (Å²) in [4.78, 5) is 15.7. The van der Waals surface area contributed by atoms with E-state index in [-0.39, 0.29) is 6.03 Å². The minimum absolute atomic E-state index is 0.177. The van der Waals surface area contributed by atoms with Crippen LogP contribution in [0.1, 0.15) is 32.1 Å². The van der Waals surface area contributed by atoms with Gasteiger partial charge in [-0.05, 0) is 54.1 Å². The molecule has 19 heavy (non-hydrogen) atoms. The SMILES string of the molecule is O=C(NCCC1=CCCCC1)Nc1ccncc1Br. The molecule has 1 aromatic heterocycles. The molecular weight excluding hydrogens is 306 g/mol. The predicted octanol–water partition coefficient (Wildman–Crippen LogP) is 3.86. The third-order valence-electron chi connectivity index (χ3n) is 3.14. The minimum atomic E-state index is -0.177. The first-order chi connectivity index (χ1) is 9.25. The Morgan fingerprint density at radius 1 is 1.42 bits per heavy atom. The van der Waals surface area contributed by atoms with Gasteiger partial charge in [0, 0.05) is 18.9 Å². The molecule has 0 radical (unpaired) electrons. The molecule has 0 saturated heterocycles. The summed E-state index contributed by atoms with van der Waals surface area (Å²) in [6.45, 7) is 0.681. The Morgan fingerprint density at radius 2 is 2.32 bits per heavy atom. The third kappa shape index (κ3) is 4.67. The van der Waals surface area contributed by atoms with Gasteiger partial charge < -0.3 is 10.6 Å². The monoisotopic (exact) mass is 323 g/mol. The maximum absolute atomic E-state index is 11.7. The summed E-state index contributed by atoms with van der Waals surface area (Å²) in [5.41, 5.74) is 2.20. The Labute approximate surface area is 121 Å². The smallest absolute Gasteiger partial charge is 0.319 e. The number of amides is 2. The van der Waals surface area contributed by atoms with E-state index in [1.807, 2.05) is 0 Å². The lowest BCUT2D eigenvalue weighted by Gasteiger charge is -2.13. The highest BCUT2D eigenvalue weighted by atomic mass is 79.9. The van der Waals surface area contributed by atoms with Crippen molar-refractivity contribution in [2.45, 2.75) is 32.1 Å². The number of hydrogen-bond donors (Lipinski definition) is 2. The lowest BCUT2D eigenvalue weighted by atomic mass is 9.97. The number of hydrogen-bond acceptors (Lipinski definition) is 2. The van der Waals surface area contributed by atoms with Crippen molar-refractivity contribution in [1.29, 1.82) is 0 Å². The second-order valence-corrected chi connectivity index (χ2v) is 5.45. The molecule has 102 valence electrons. The third-order valence-corrected chi connectivity index (χ3v) is 3.77. The van der Waals surface area contributed by atoms with Gasteiger partial charge in [0.25, 0.3) is 0 Å². The Bertz CT molecular complexity index is 474. The van der Waals surface area contributed by atoms with Crippen molar-refractivity contribution in [3.8, 4) is 0 Å². The zero-order valence-corrected chi connectivity index (χ0v) is 12.4. The molecule has 0 atom stereocenters. The summed E-state index contributed by atoms with van der Waals surface area (Å²) in [6.07, 6.45) is 11.5. The molecule has 5 heteroatoms. The van der Waals surface area contributed by atoms with Crippen LogP contribution in [0.25, 0.3) is 0 Å². The van der Waals surface area contributed by atoms with E-state index in [4.69, 9.17) is 0 Å². The number of carbonyl (C=O) groups is 1. The first kappa shape index (κ1) is 14.1. The topological polar surface area (TPSA) is 54.0 Å². The molecule has 2 rings (SSSR count). The lowest BCUT2D eigenvalue weighted by Crippen LogP contribution is -2.29. The highest BCUT2D eigenvalue weighted by molar-refractivity contribution is 9.10. The predicted molar refractivity (Wildman–Crippen MR) is 80.1 cm³/mol. The number of pyridine rings is 1. The van der Waals surface area contributed by atoms with Crippen molar-refractivity contribution in [3.63, 3.8) is 0 Å². The fraction of sp³-hybridized carbons (Fsp3) is 0.429. The molecule has 0 aliphatic heterocycles. The largest absolute Gasteiger partial charge is 0.338 e. The number of nitrogens with one attached hydrogen (secondary N) is 2. The summed E-state index contributed by atoms with van der Waals surface area (Å²) in [7, 11) is 0. The molecule has 1 aliphatic carbocycles. The molecule has 0 saturated carbocycles. The summed E-state index contributed by atoms with van der Waals surface area (Å²) in [6, 6.07) is 1.58. The van der Waals surface area contributed by atoms with Gasteiger partial charge in [0.15, 0.2) is 0 Å². The molecule has 0 unspecified atom stereocenters. The number of aromatic nitrogens is 1. The van der Waals surface area contributed by atoms with E-state index < -0.39 is 0 Å². The summed E-state index contributed by atoms with van der Waals surface area (Å²) in [5.74, 6) is 0. The second kappa shape index (κ2) is 7.28. The summed E-state index contributed by atoms with van der Waals surface area (Å²) < 4.78 is 0.778. The molecule has 2 amide bonds. The maximum Gasteiger partial charge on any atom is 0.319 e. The van der Waals surface area contributed by atoms with Crippen molar-refractivity contribution in [3.05, 3.63) is 34.6 Å². The van der Waals surface area contributed by atoms with Gasteiger partial charge in [-0.15, -0.1) is 0 Å². The van der Waals surface area contributed by atoms with E-state index in [9.17, 15) is 4.79 Å². The molecule has 0 spiro atoms. The molecule has 0 fully saturated rings. The highest BCUT2D eigenvalue weighted by Gasteiger charge is 2.06. The van der Waals surface area contributed by atoms with Crippen molar-refractivity contribution < 1.29 is 4.79 Å². The average molecular weight is 324 g/mol. The van der Waals surface area contributed by atoms with Crippen LogP contribution in [0.4, 0.5) is 10.5 Å². The van der Waals surface area contributed by atoms with E-state index in [2.05, 4.69) is 37.6 Å². The first-order valence-corrected chi connectivity index (χ1v) is 7.37. The van der Waals surface area contributed by atoms with Crippen LogP contribution in [0.5, 0.6) is 0 Å². The van der Waals surface area contributed by atoms with Gasteiger partial charge in [0.1, 0.15) is 0 Å². The number of rotatable bonds is 4. The van der Waals surface area contributed by atoms with Gasteiger partial charge in [-0.1, -0.05) is 11.6 Å². The van der Waals surface area contributed by atoms with E-state index in [0.717, 1.165) is 16.6 Å². The zero-order chi connectivity index (χ0) is 13.5. The van der Waals surface area contributed by atoms with Crippen LogP contribution >= 0.6 is 15.9 Å². The molecule has 1 aromatic rings. The van der Waals surface area contributed by atoms with Crippen molar-refractivity contribution >= 4 is 27.6 Å². The quantitative estimate of drug-likeness (QED) is 0.827. The second-order valence-electron chi connectivity index (χ2n) is 4.59. The number of halogens is 1.